The first kappa shape index (κ1) is 12.2. The number of nitrogens with zero attached hydrogens (tertiary/aromatic N) is 2. The van der Waals surface area contributed by atoms with Crippen LogP contribution in [0.25, 0.3) is 11.1 Å². The first-order valence-corrected chi connectivity index (χ1v) is 5.85. The Labute approximate surface area is 106 Å². The zero-order valence-electron chi connectivity index (χ0n) is 10.5. The molecular formula is C14H16N2O2+2. The highest BCUT2D eigenvalue weighted by Crippen LogP contribution is 2.15. The minimum absolute atomic E-state index is 0.358. The number of pyridine rings is 2. The van der Waals surface area contributed by atoms with Crippen molar-refractivity contribution in [3.63, 3.8) is 0 Å². The maximum Gasteiger partial charge on any atom is 0.601 e. The molecule has 0 bridgehead atoms. The van der Waals surface area contributed by atoms with Gasteiger partial charge in [0.15, 0.2) is 24.8 Å². The van der Waals surface area contributed by atoms with Crippen LogP contribution in [0, 0.1) is 0 Å². The lowest BCUT2D eigenvalue weighted by atomic mass is 10.1. The zero-order valence-corrected chi connectivity index (χ0v) is 10.5. The van der Waals surface area contributed by atoms with Gasteiger partial charge in [0.1, 0.15) is 7.05 Å². The van der Waals surface area contributed by atoms with Crippen molar-refractivity contribution in [2.45, 2.75) is 6.92 Å². The van der Waals surface area contributed by atoms with Crippen molar-refractivity contribution in [3.8, 4) is 11.1 Å². The predicted molar refractivity (Wildman–Crippen MR) is 65.7 cm³/mol. The van der Waals surface area contributed by atoms with Crippen LogP contribution in [0.15, 0.2) is 49.1 Å². The molecule has 4 heteroatoms. The van der Waals surface area contributed by atoms with Gasteiger partial charge in [-0.3, -0.25) is 0 Å². The topological polar surface area (TPSA) is 34.1 Å². The van der Waals surface area contributed by atoms with Crippen LogP contribution in [-0.4, -0.2) is 12.7 Å². The third-order valence-electron chi connectivity index (χ3n) is 2.62. The lowest BCUT2D eigenvalue weighted by Gasteiger charge is -1.99. The van der Waals surface area contributed by atoms with Crippen LogP contribution in [0.1, 0.15) is 6.92 Å². The van der Waals surface area contributed by atoms with Gasteiger partial charge in [-0.2, -0.15) is 4.79 Å². The van der Waals surface area contributed by atoms with E-state index in [-0.39, 0.29) is 6.09 Å². The van der Waals surface area contributed by atoms with Crippen molar-refractivity contribution in [3.05, 3.63) is 49.1 Å². The number of carbonyl (C=O) groups excluding carboxylic acids is 1. The number of hydrogen-bond donors (Lipinski definition) is 0. The molecule has 2 rings (SSSR count). The lowest BCUT2D eigenvalue weighted by Crippen LogP contribution is -2.42. The summed E-state index contributed by atoms with van der Waals surface area (Å²) in [5, 5.41) is 0. The second-order valence-corrected chi connectivity index (χ2v) is 3.95. The fourth-order valence-corrected chi connectivity index (χ4v) is 1.63. The molecule has 0 amide bonds. The van der Waals surface area contributed by atoms with Gasteiger partial charge >= 0.3 is 6.09 Å². The van der Waals surface area contributed by atoms with Crippen LogP contribution in [0.2, 0.25) is 0 Å². The molecule has 0 aliphatic heterocycles. The van der Waals surface area contributed by atoms with Gasteiger partial charge in [-0.25, -0.2) is 4.57 Å². The number of aromatic nitrogens is 2. The largest absolute Gasteiger partial charge is 0.601 e. The fourth-order valence-electron chi connectivity index (χ4n) is 1.63. The average molecular weight is 244 g/mol. The minimum atomic E-state index is -0.358. The molecule has 0 atom stereocenters. The quantitative estimate of drug-likeness (QED) is 0.750. The molecule has 92 valence electrons. The first-order valence-electron chi connectivity index (χ1n) is 5.85. The molecule has 0 saturated carbocycles. The van der Waals surface area contributed by atoms with Crippen molar-refractivity contribution < 1.29 is 18.7 Å². The van der Waals surface area contributed by atoms with E-state index in [9.17, 15) is 4.79 Å². The maximum atomic E-state index is 11.5. The summed E-state index contributed by atoms with van der Waals surface area (Å²) >= 11 is 0. The van der Waals surface area contributed by atoms with Crippen molar-refractivity contribution in [2.75, 3.05) is 6.61 Å². The molecule has 18 heavy (non-hydrogen) atoms. The summed E-state index contributed by atoms with van der Waals surface area (Å²) in [5.41, 5.74) is 2.18. The van der Waals surface area contributed by atoms with Crippen LogP contribution in [-0.2, 0) is 11.8 Å². The second kappa shape index (κ2) is 5.40. The molecular weight excluding hydrogens is 228 g/mol. The van der Waals surface area contributed by atoms with Crippen molar-refractivity contribution in [2.24, 2.45) is 7.05 Å². The highest BCUT2D eigenvalue weighted by molar-refractivity contribution is 5.62. The standard InChI is InChI=1S/C14H16N2O2/c1-3-18-14(17)16-10-6-13(7-11-16)12-4-8-15(2)9-5-12/h4-11H,3H2,1-2H3/q+2. The summed E-state index contributed by atoms with van der Waals surface area (Å²) in [6, 6.07) is 7.85. The van der Waals surface area contributed by atoms with E-state index in [1.54, 1.807) is 19.3 Å². The molecule has 2 heterocycles. The van der Waals surface area contributed by atoms with Gasteiger partial charge in [-0.05, 0) is 18.1 Å². The van der Waals surface area contributed by atoms with Crippen molar-refractivity contribution in [1.29, 1.82) is 0 Å². The Morgan fingerprint density at radius 3 is 2.06 bits per heavy atom. The molecule has 0 radical (unpaired) electrons. The summed E-state index contributed by atoms with van der Waals surface area (Å²) in [7, 11) is 1.98. The number of carbonyl (C=O) groups is 1. The number of aryl methyl sites for hydroxylation is 1. The summed E-state index contributed by atoms with van der Waals surface area (Å²) in [5.74, 6) is 0. The van der Waals surface area contributed by atoms with E-state index in [0.29, 0.717) is 6.61 Å². The van der Waals surface area contributed by atoms with Crippen molar-refractivity contribution in [1.82, 2.24) is 0 Å². The van der Waals surface area contributed by atoms with Gasteiger partial charge in [0.2, 0.25) is 0 Å². The Kier molecular flexibility index (Phi) is 3.67. The predicted octanol–water partition coefficient (Wildman–Crippen LogP) is 1.47. The monoisotopic (exact) mass is 244 g/mol. The summed E-state index contributed by atoms with van der Waals surface area (Å²) in [6.07, 6.45) is 7.04. The van der Waals surface area contributed by atoms with E-state index in [1.165, 1.54) is 4.57 Å². The molecule has 0 spiro atoms. The molecule has 2 aromatic rings. The molecule has 0 unspecified atom stereocenters. The third kappa shape index (κ3) is 2.71. The van der Waals surface area contributed by atoms with Crippen LogP contribution in [0.4, 0.5) is 4.79 Å². The molecule has 2 aromatic heterocycles. The van der Waals surface area contributed by atoms with E-state index in [1.807, 2.05) is 48.3 Å². The van der Waals surface area contributed by atoms with Gasteiger partial charge < -0.3 is 4.74 Å². The van der Waals surface area contributed by atoms with Gasteiger partial charge in [-0.15, -0.1) is 0 Å². The third-order valence-corrected chi connectivity index (χ3v) is 2.62. The zero-order chi connectivity index (χ0) is 13.0. The molecule has 0 aliphatic rings. The van der Waals surface area contributed by atoms with Crippen LogP contribution in [0.3, 0.4) is 0 Å². The highest BCUT2D eigenvalue weighted by atomic mass is 16.5. The van der Waals surface area contributed by atoms with E-state index >= 15 is 0 Å². The number of ether oxygens (including phenoxy) is 1. The number of hydrogen-bond acceptors (Lipinski definition) is 2. The maximum absolute atomic E-state index is 11.5. The Morgan fingerprint density at radius 2 is 1.56 bits per heavy atom. The SMILES string of the molecule is CCOC(=O)[n+]1ccc(-c2cc[n+](C)cc2)cc1. The first-order chi connectivity index (χ1) is 8.70. The smallest absolute Gasteiger partial charge is 0.412 e. The van der Waals surface area contributed by atoms with Gasteiger partial charge in [0.05, 0.1) is 6.61 Å². The normalized spacial score (nSPS) is 10.1. The Hall–Kier alpha value is -2.23. The van der Waals surface area contributed by atoms with Crippen LogP contribution >= 0.6 is 0 Å². The van der Waals surface area contributed by atoms with Gasteiger partial charge in [0, 0.05) is 24.3 Å². The van der Waals surface area contributed by atoms with Crippen LogP contribution in [0.5, 0.6) is 0 Å². The Bertz CT molecular complexity index is 533. The molecule has 0 fully saturated rings. The molecule has 4 nitrogen and oxygen atoms in total. The molecule has 0 aliphatic carbocycles. The molecule has 0 saturated heterocycles. The van der Waals surface area contributed by atoms with E-state index in [0.717, 1.165) is 11.1 Å². The van der Waals surface area contributed by atoms with Crippen molar-refractivity contribution >= 4 is 6.09 Å². The lowest BCUT2D eigenvalue weighted by molar-refractivity contribution is -0.671. The van der Waals surface area contributed by atoms with Gasteiger partial charge in [-0.1, -0.05) is 4.57 Å². The van der Waals surface area contributed by atoms with Crippen LogP contribution < -0.4 is 9.13 Å². The number of rotatable bonds is 2. The fraction of sp³-hybridized carbons (Fsp3) is 0.214. The molecule has 0 N–H and O–H groups in total. The Balaban J connectivity index is 2.22. The van der Waals surface area contributed by atoms with E-state index in [4.69, 9.17) is 4.74 Å². The van der Waals surface area contributed by atoms with E-state index in [2.05, 4.69) is 0 Å². The molecule has 0 aromatic carbocycles. The van der Waals surface area contributed by atoms with Gasteiger partial charge in [0.25, 0.3) is 0 Å². The summed E-state index contributed by atoms with van der Waals surface area (Å²) in [6.45, 7) is 2.17. The minimum Gasteiger partial charge on any atom is -0.412 e. The average Bonchev–Trinajstić information content (AvgIpc) is 2.40. The summed E-state index contributed by atoms with van der Waals surface area (Å²) < 4.78 is 8.31. The van der Waals surface area contributed by atoms with E-state index < -0.39 is 0 Å². The Morgan fingerprint density at radius 1 is 1.06 bits per heavy atom. The highest BCUT2D eigenvalue weighted by Gasteiger charge is 2.14. The second-order valence-electron chi connectivity index (χ2n) is 3.95. The summed E-state index contributed by atoms with van der Waals surface area (Å²) in [4.78, 5) is 11.5.